The Balaban J connectivity index is 1.36. The van der Waals surface area contributed by atoms with Crippen molar-refractivity contribution in [3.8, 4) is 0 Å². The quantitative estimate of drug-likeness (QED) is 0.744. The molecule has 1 spiro atoms. The Hall–Kier alpha value is -0.160. The molecule has 4 heteroatoms. The summed E-state index contributed by atoms with van der Waals surface area (Å²) in [7, 11) is 4.29. The van der Waals surface area contributed by atoms with Crippen LogP contribution in [0.1, 0.15) is 38.5 Å². The lowest BCUT2D eigenvalue weighted by Crippen LogP contribution is -2.57. The van der Waals surface area contributed by atoms with Gasteiger partial charge in [-0.1, -0.05) is 0 Å². The van der Waals surface area contributed by atoms with Crippen molar-refractivity contribution in [2.45, 2.75) is 50.6 Å². The van der Waals surface area contributed by atoms with Gasteiger partial charge in [0.05, 0.1) is 0 Å². The Kier molecular flexibility index (Phi) is 5.20. The first-order valence-corrected chi connectivity index (χ1v) is 9.01. The lowest BCUT2D eigenvalue weighted by molar-refractivity contribution is -0.0333. The Morgan fingerprint density at radius 3 is 2.24 bits per heavy atom. The zero-order chi connectivity index (χ0) is 14.7. The number of likely N-dealkylation sites (N-methyl/N-ethyl adjacent to an activating group) is 1. The van der Waals surface area contributed by atoms with Gasteiger partial charge in [-0.2, -0.15) is 0 Å². The normalized spacial score (nSPS) is 28.9. The van der Waals surface area contributed by atoms with Crippen LogP contribution in [0.15, 0.2) is 0 Å². The summed E-state index contributed by atoms with van der Waals surface area (Å²) >= 11 is 0. The predicted molar refractivity (Wildman–Crippen MR) is 88.7 cm³/mol. The molecule has 0 radical (unpaired) electrons. The van der Waals surface area contributed by atoms with Gasteiger partial charge in [-0.15, -0.1) is 0 Å². The highest BCUT2D eigenvalue weighted by molar-refractivity contribution is 4.98. The smallest absolute Gasteiger partial charge is 0.00957 e. The number of rotatable bonds is 5. The summed E-state index contributed by atoms with van der Waals surface area (Å²) in [5.41, 5.74) is 0.721. The number of nitrogens with one attached hydrogen (secondary N) is 2. The van der Waals surface area contributed by atoms with Gasteiger partial charge in [0, 0.05) is 38.3 Å². The Bertz CT molecular complexity index is 309. The average Bonchev–Trinajstić information content (AvgIpc) is 2.48. The molecule has 0 aromatic carbocycles. The molecule has 2 N–H and O–H groups in total. The van der Waals surface area contributed by atoms with E-state index in [0.717, 1.165) is 30.6 Å². The molecule has 1 aliphatic carbocycles. The summed E-state index contributed by atoms with van der Waals surface area (Å²) in [6.07, 6.45) is 8.53. The summed E-state index contributed by atoms with van der Waals surface area (Å²) < 4.78 is 0. The first kappa shape index (κ1) is 15.7. The molecule has 2 aliphatic heterocycles. The van der Waals surface area contributed by atoms with Crippen molar-refractivity contribution < 1.29 is 0 Å². The van der Waals surface area contributed by atoms with E-state index in [-0.39, 0.29) is 0 Å². The fraction of sp³-hybridized carbons (Fsp3) is 1.00. The van der Waals surface area contributed by atoms with Gasteiger partial charge in [-0.05, 0) is 71.1 Å². The van der Waals surface area contributed by atoms with Crippen LogP contribution in [0.2, 0.25) is 0 Å². The van der Waals surface area contributed by atoms with Crippen LogP contribution in [0.4, 0.5) is 0 Å². The van der Waals surface area contributed by atoms with Crippen molar-refractivity contribution >= 4 is 0 Å². The van der Waals surface area contributed by atoms with E-state index in [2.05, 4.69) is 27.5 Å². The Morgan fingerprint density at radius 1 is 1.00 bits per heavy atom. The zero-order valence-electron chi connectivity index (χ0n) is 14.0. The van der Waals surface area contributed by atoms with Gasteiger partial charge in [0.15, 0.2) is 0 Å². The van der Waals surface area contributed by atoms with Gasteiger partial charge in [0.1, 0.15) is 0 Å². The Labute approximate surface area is 130 Å². The summed E-state index contributed by atoms with van der Waals surface area (Å²) in [5, 5.41) is 6.90. The monoisotopic (exact) mass is 294 g/mol. The molecular weight excluding hydrogens is 260 g/mol. The standard InChI is InChI=1S/C17H34N4/c1-18-9-10-19-15-5-11-21(12-6-15)16-3-7-17(8-4-16)13-20(2)14-17/h15-16,18-19H,3-14H2,1-2H3. The molecule has 2 saturated heterocycles. The van der Waals surface area contributed by atoms with E-state index in [1.165, 1.54) is 64.7 Å². The predicted octanol–water partition coefficient (Wildman–Crippen LogP) is 1.13. The number of hydrogen-bond acceptors (Lipinski definition) is 4. The van der Waals surface area contributed by atoms with Crippen molar-refractivity contribution in [1.82, 2.24) is 20.4 Å². The van der Waals surface area contributed by atoms with Crippen molar-refractivity contribution in [3.63, 3.8) is 0 Å². The molecule has 0 aromatic rings. The molecule has 3 fully saturated rings. The van der Waals surface area contributed by atoms with Crippen LogP contribution in [0, 0.1) is 5.41 Å². The van der Waals surface area contributed by atoms with E-state index in [1.807, 2.05) is 7.05 Å². The minimum Gasteiger partial charge on any atom is -0.318 e. The minimum absolute atomic E-state index is 0.721. The molecule has 0 amide bonds. The maximum atomic E-state index is 3.69. The maximum absolute atomic E-state index is 3.69. The van der Waals surface area contributed by atoms with Crippen LogP contribution in [0.25, 0.3) is 0 Å². The zero-order valence-corrected chi connectivity index (χ0v) is 14.0. The average molecular weight is 294 g/mol. The summed E-state index contributed by atoms with van der Waals surface area (Å²) in [6.45, 7) is 7.54. The number of piperidine rings is 1. The third-order valence-electron chi connectivity index (χ3n) is 6.08. The van der Waals surface area contributed by atoms with E-state index < -0.39 is 0 Å². The third kappa shape index (κ3) is 3.79. The highest BCUT2D eigenvalue weighted by Crippen LogP contribution is 2.44. The molecular formula is C17H34N4. The fourth-order valence-corrected chi connectivity index (χ4v) is 4.87. The van der Waals surface area contributed by atoms with Crippen LogP contribution in [-0.4, -0.2) is 75.2 Å². The van der Waals surface area contributed by atoms with E-state index >= 15 is 0 Å². The molecule has 122 valence electrons. The van der Waals surface area contributed by atoms with Gasteiger partial charge < -0.3 is 20.4 Å². The molecule has 4 nitrogen and oxygen atoms in total. The second kappa shape index (κ2) is 6.95. The Morgan fingerprint density at radius 2 is 1.67 bits per heavy atom. The van der Waals surface area contributed by atoms with Crippen molar-refractivity contribution in [3.05, 3.63) is 0 Å². The summed E-state index contributed by atoms with van der Waals surface area (Å²) in [6, 6.07) is 1.64. The molecule has 3 rings (SSSR count). The number of hydrogen-bond donors (Lipinski definition) is 2. The second-order valence-corrected chi connectivity index (χ2v) is 7.77. The maximum Gasteiger partial charge on any atom is 0.00957 e. The minimum atomic E-state index is 0.721. The largest absolute Gasteiger partial charge is 0.318 e. The topological polar surface area (TPSA) is 30.5 Å². The van der Waals surface area contributed by atoms with Crippen molar-refractivity contribution in [1.29, 1.82) is 0 Å². The first-order chi connectivity index (χ1) is 10.2. The van der Waals surface area contributed by atoms with Crippen molar-refractivity contribution in [2.24, 2.45) is 5.41 Å². The SMILES string of the molecule is CNCCNC1CCN(C2CCC3(CC2)CN(C)C3)CC1. The molecule has 0 aromatic heterocycles. The summed E-state index contributed by atoms with van der Waals surface area (Å²) in [4.78, 5) is 5.29. The van der Waals surface area contributed by atoms with Gasteiger partial charge in [0.25, 0.3) is 0 Å². The van der Waals surface area contributed by atoms with Crippen LogP contribution in [0.5, 0.6) is 0 Å². The van der Waals surface area contributed by atoms with Crippen molar-refractivity contribution in [2.75, 3.05) is 53.4 Å². The van der Waals surface area contributed by atoms with Gasteiger partial charge in [-0.25, -0.2) is 0 Å². The van der Waals surface area contributed by atoms with Gasteiger partial charge in [0.2, 0.25) is 0 Å². The van der Waals surface area contributed by atoms with E-state index in [9.17, 15) is 0 Å². The molecule has 21 heavy (non-hydrogen) atoms. The molecule has 0 atom stereocenters. The molecule has 0 bridgehead atoms. The van der Waals surface area contributed by atoms with Crippen LogP contribution in [0.3, 0.4) is 0 Å². The number of nitrogens with zero attached hydrogens (tertiary/aromatic N) is 2. The van der Waals surface area contributed by atoms with E-state index in [0.29, 0.717) is 0 Å². The fourth-order valence-electron chi connectivity index (χ4n) is 4.87. The second-order valence-electron chi connectivity index (χ2n) is 7.77. The van der Waals surface area contributed by atoms with Gasteiger partial charge >= 0.3 is 0 Å². The van der Waals surface area contributed by atoms with Crippen LogP contribution < -0.4 is 10.6 Å². The van der Waals surface area contributed by atoms with Crippen LogP contribution in [-0.2, 0) is 0 Å². The lowest BCUT2D eigenvalue weighted by atomic mass is 9.67. The van der Waals surface area contributed by atoms with Gasteiger partial charge in [-0.3, -0.25) is 0 Å². The lowest BCUT2D eigenvalue weighted by Gasteiger charge is -2.54. The molecule has 2 heterocycles. The first-order valence-electron chi connectivity index (χ1n) is 9.01. The van der Waals surface area contributed by atoms with E-state index in [4.69, 9.17) is 0 Å². The number of likely N-dealkylation sites (tertiary alicyclic amines) is 2. The highest BCUT2D eigenvalue weighted by Gasteiger charge is 2.44. The summed E-state index contributed by atoms with van der Waals surface area (Å²) in [5.74, 6) is 0. The highest BCUT2D eigenvalue weighted by atomic mass is 15.2. The molecule has 3 aliphatic rings. The molecule has 1 saturated carbocycles. The third-order valence-corrected chi connectivity index (χ3v) is 6.08. The molecule has 0 unspecified atom stereocenters. The van der Waals surface area contributed by atoms with Crippen LogP contribution >= 0.6 is 0 Å². The van der Waals surface area contributed by atoms with E-state index in [1.54, 1.807) is 0 Å².